The molecule has 1 saturated carbocycles. The molecule has 0 atom stereocenters. The van der Waals surface area contributed by atoms with Crippen LogP contribution in [0.5, 0.6) is 5.75 Å². The summed E-state index contributed by atoms with van der Waals surface area (Å²) < 4.78 is 19.1. The number of carbonyl (C=O) groups excluding carboxylic acids is 1. The van der Waals surface area contributed by atoms with E-state index in [0.717, 1.165) is 19.3 Å². The van der Waals surface area contributed by atoms with Crippen molar-refractivity contribution in [3.05, 3.63) is 47.9 Å². The van der Waals surface area contributed by atoms with Gasteiger partial charge < -0.3 is 15.8 Å². The average molecular weight is 366 g/mol. The van der Waals surface area contributed by atoms with Gasteiger partial charge in [0.1, 0.15) is 17.1 Å². The summed E-state index contributed by atoms with van der Waals surface area (Å²) in [7, 11) is 1.48. The summed E-state index contributed by atoms with van der Waals surface area (Å²) in [5.41, 5.74) is 8.37. The SMILES string of the molecule is COc1cc(F)cc(-c2cccc3c(N)c(C(=O)NC4CCC4)nnc23)c1. The van der Waals surface area contributed by atoms with Crippen molar-refractivity contribution in [2.45, 2.75) is 25.3 Å². The van der Waals surface area contributed by atoms with Crippen molar-refractivity contribution < 1.29 is 13.9 Å². The topological polar surface area (TPSA) is 90.1 Å². The summed E-state index contributed by atoms with van der Waals surface area (Å²) >= 11 is 0. The predicted octanol–water partition coefficient (Wildman–Crippen LogP) is 3.31. The number of hydrogen-bond donors (Lipinski definition) is 2. The second-order valence-electron chi connectivity index (χ2n) is 6.65. The molecule has 0 bridgehead atoms. The van der Waals surface area contributed by atoms with Crippen LogP contribution in [0.1, 0.15) is 29.8 Å². The van der Waals surface area contributed by atoms with Crippen LogP contribution in [0.4, 0.5) is 10.1 Å². The van der Waals surface area contributed by atoms with Crippen molar-refractivity contribution in [1.29, 1.82) is 0 Å². The Hall–Kier alpha value is -3.22. The molecular formula is C20H19FN4O2. The second-order valence-corrected chi connectivity index (χ2v) is 6.65. The molecule has 0 spiro atoms. The van der Waals surface area contributed by atoms with Crippen LogP contribution in [0.15, 0.2) is 36.4 Å². The molecule has 1 aromatic heterocycles. The highest BCUT2D eigenvalue weighted by Gasteiger charge is 2.23. The summed E-state index contributed by atoms with van der Waals surface area (Å²) in [5.74, 6) is -0.331. The van der Waals surface area contributed by atoms with Crippen molar-refractivity contribution in [3.8, 4) is 16.9 Å². The third-order valence-electron chi connectivity index (χ3n) is 4.90. The van der Waals surface area contributed by atoms with Crippen molar-refractivity contribution in [3.63, 3.8) is 0 Å². The highest BCUT2D eigenvalue weighted by molar-refractivity contribution is 6.07. The van der Waals surface area contributed by atoms with Crippen LogP contribution in [-0.2, 0) is 0 Å². The van der Waals surface area contributed by atoms with Crippen molar-refractivity contribution in [2.24, 2.45) is 0 Å². The lowest BCUT2D eigenvalue weighted by molar-refractivity contribution is 0.0912. The standard InChI is InChI=1S/C20H19FN4O2/c1-27-14-9-11(8-12(21)10-14)15-6-3-7-16-17(22)19(25-24-18(15)16)20(26)23-13-4-2-5-13/h3,6-10,13H,2,4-5H2,1H3,(H2,22,24)(H,23,26). The first-order chi connectivity index (χ1) is 13.1. The van der Waals surface area contributed by atoms with Crippen LogP contribution >= 0.6 is 0 Å². The number of methoxy groups -OCH3 is 1. The molecule has 6 nitrogen and oxygen atoms in total. The van der Waals surface area contributed by atoms with Gasteiger partial charge in [-0.05, 0) is 37.0 Å². The number of nitrogen functional groups attached to an aromatic ring is 1. The van der Waals surface area contributed by atoms with E-state index in [1.165, 1.54) is 19.2 Å². The third-order valence-corrected chi connectivity index (χ3v) is 4.90. The van der Waals surface area contributed by atoms with E-state index >= 15 is 0 Å². The fraction of sp³-hybridized carbons (Fsp3) is 0.250. The molecular weight excluding hydrogens is 347 g/mol. The summed E-state index contributed by atoms with van der Waals surface area (Å²) in [5, 5.41) is 11.8. The molecule has 0 radical (unpaired) electrons. The number of anilines is 1. The Morgan fingerprint density at radius 1 is 1.26 bits per heavy atom. The molecule has 1 aliphatic carbocycles. The van der Waals surface area contributed by atoms with E-state index in [4.69, 9.17) is 10.5 Å². The molecule has 0 saturated heterocycles. The predicted molar refractivity (Wildman–Crippen MR) is 101 cm³/mol. The first-order valence-electron chi connectivity index (χ1n) is 8.77. The minimum atomic E-state index is -0.418. The van der Waals surface area contributed by atoms with Gasteiger partial charge in [0.2, 0.25) is 0 Å². The average Bonchev–Trinajstić information content (AvgIpc) is 2.64. The number of benzene rings is 2. The Bertz CT molecular complexity index is 1030. The number of hydrogen-bond acceptors (Lipinski definition) is 5. The molecule has 0 aliphatic heterocycles. The number of rotatable bonds is 4. The summed E-state index contributed by atoms with van der Waals surface area (Å²) in [6.45, 7) is 0. The van der Waals surface area contributed by atoms with Gasteiger partial charge in [0.25, 0.3) is 5.91 Å². The van der Waals surface area contributed by atoms with E-state index in [1.54, 1.807) is 24.3 Å². The van der Waals surface area contributed by atoms with Gasteiger partial charge in [-0.15, -0.1) is 10.2 Å². The largest absolute Gasteiger partial charge is 0.497 e. The summed E-state index contributed by atoms with van der Waals surface area (Å²) in [4.78, 5) is 12.4. The first kappa shape index (κ1) is 17.2. The fourth-order valence-electron chi connectivity index (χ4n) is 3.19. The third kappa shape index (κ3) is 3.16. The monoisotopic (exact) mass is 366 g/mol. The number of nitrogens with one attached hydrogen (secondary N) is 1. The highest BCUT2D eigenvalue weighted by atomic mass is 19.1. The Balaban J connectivity index is 1.79. The minimum Gasteiger partial charge on any atom is -0.497 e. The Morgan fingerprint density at radius 2 is 2.07 bits per heavy atom. The normalized spacial score (nSPS) is 14.0. The van der Waals surface area contributed by atoms with Gasteiger partial charge in [0.05, 0.1) is 12.8 Å². The van der Waals surface area contributed by atoms with Gasteiger partial charge in [0, 0.05) is 23.1 Å². The van der Waals surface area contributed by atoms with Crippen molar-refractivity contribution >= 4 is 22.5 Å². The number of nitrogens with zero attached hydrogens (tertiary/aromatic N) is 2. The van der Waals surface area contributed by atoms with E-state index in [0.29, 0.717) is 27.8 Å². The van der Waals surface area contributed by atoms with Crippen LogP contribution in [0.25, 0.3) is 22.0 Å². The second kappa shape index (κ2) is 6.83. The summed E-state index contributed by atoms with van der Waals surface area (Å²) in [6.07, 6.45) is 3.06. The fourth-order valence-corrected chi connectivity index (χ4v) is 3.19. The van der Waals surface area contributed by atoms with Gasteiger partial charge in [0.15, 0.2) is 5.69 Å². The molecule has 27 heavy (non-hydrogen) atoms. The van der Waals surface area contributed by atoms with E-state index in [-0.39, 0.29) is 23.3 Å². The number of aromatic nitrogens is 2. The zero-order valence-electron chi connectivity index (χ0n) is 14.8. The molecule has 2 aromatic carbocycles. The number of fused-ring (bicyclic) bond motifs is 1. The quantitative estimate of drug-likeness (QED) is 0.739. The zero-order valence-corrected chi connectivity index (χ0v) is 14.8. The van der Waals surface area contributed by atoms with E-state index < -0.39 is 5.82 Å². The maximum Gasteiger partial charge on any atom is 0.274 e. The molecule has 1 heterocycles. The molecule has 4 rings (SSSR count). The number of halogens is 1. The number of ether oxygens (including phenoxy) is 1. The van der Waals surface area contributed by atoms with Crippen molar-refractivity contribution in [2.75, 3.05) is 12.8 Å². The maximum atomic E-state index is 13.9. The van der Waals surface area contributed by atoms with Gasteiger partial charge in [-0.1, -0.05) is 18.2 Å². The highest BCUT2D eigenvalue weighted by Crippen LogP contribution is 2.33. The molecule has 1 aliphatic rings. The Kier molecular flexibility index (Phi) is 4.35. The number of carbonyl (C=O) groups is 1. The van der Waals surface area contributed by atoms with Crippen LogP contribution in [0, 0.1) is 5.82 Å². The molecule has 3 N–H and O–H groups in total. The Labute approximate surface area is 155 Å². The number of amides is 1. The van der Waals surface area contributed by atoms with Crippen LogP contribution in [0.3, 0.4) is 0 Å². The molecule has 1 amide bonds. The van der Waals surface area contributed by atoms with Crippen LogP contribution in [-0.4, -0.2) is 29.3 Å². The zero-order chi connectivity index (χ0) is 19.0. The van der Waals surface area contributed by atoms with Crippen molar-refractivity contribution in [1.82, 2.24) is 15.5 Å². The van der Waals surface area contributed by atoms with Crippen LogP contribution in [0.2, 0.25) is 0 Å². The van der Waals surface area contributed by atoms with E-state index in [9.17, 15) is 9.18 Å². The molecule has 3 aromatic rings. The lowest BCUT2D eigenvalue weighted by Gasteiger charge is -2.26. The number of nitrogens with two attached hydrogens (primary N) is 1. The van der Waals surface area contributed by atoms with E-state index in [1.807, 2.05) is 0 Å². The smallest absolute Gasteiger partial charge is 0.274 e. The lowest BCUT2D eigenvalue weighted by Crippen LogP contribution is -2.40. The maximum absolute atomic E-state index is 13.9. The van der Waals surface area contributed by atoms with Gasteiger partial charge in [-0.2, -0.15) is 0 Å². The molecule has 1 fully saturated rings. The van der Waals surface area contributed by atoms with Gasteiger partial charge >= 0.3 is 0 Å². The minimum absolute atomic E-state index is 0.114. The van der Waals surface area contributed by atoms with Gasteiger partial charge in [-0.3, -0.25) is 4.79 Å². The Morgan fingerprint density at radius 3 is 2.78 bits per heavy atom. The first-order valence-corrected chi connectivity index (χ1v) is 8.77. The molecule has 138 valence electrons. The van der Waals surface area contributed by atoms with Crippen LogP contribution < -0.4 is 15.8 Å². The lowest BCUT2D eigenvalue weighted by atomic mass is 9.93. The van der Waals surface area contributed by atoms with Gasteiger partial charge in [-0.25, -0.2) is 4.39 Å². The summed E-state index contributed by atoms with van der Waals surface area (Å²) in [6, 6.07) is 9.97. The molecule has 0 unspecified atom stereocenters. The van der Waals surface area contributed by atoms with E-state index in [2.05, 4.69) is 15.5 Å². The molecule has 7 heteroatoms.